The Hall–Kier alpha value is 0.189. The monoisotopic (exact) mass is 547 g/mol. The van der Waals surface area contributed by atoms with Crippen LogP contribution in [-0.2, 0) is 14.3 Å². The van der Waals surface area contributed by atoms with E-state index < -0.39 is 18.4 Å². The molecule has 1 fully saturated rings. The summed E-state index contributed by atoms with van der Waals surface area (Å²) >= 11 is -2.28. The van der Waals surface area contributed by atoms with Gasteiger partial charge in [-0.05, 0) is 0 Å². The van der Waals surface area contributed by atoms with Gasteiger partial charge in [0.1, 0.15) is 0 Å². The summed E-state index contributed by atoms with van der Waals surface area (Å²) in [6.45, 7) is 11.6. The maximum atomic E-state index is 11.9. The van der Waals surface area contributed by atoms with E-state index in [1.165, 1.54) is 49.4 Å². The summed E-state index contributed by atoms with van der Waals surface area (Å²) in [4.78, 5) is 14.4. The molecule has 5 heteroatoms. The molecule has 0 radical (unpaired) electrons. The van der Waals surface area contributed by atoms with Crippen LogP contribution in [0.15, 0.2) is 0 Å². The van der Waals surface area contributed by atoms with Gasteiger partial charge in [0.15, 0.2) is 0 Å². The fraction of sp³-hybridized carbons (Fsp3) is 0.962. The Kier molecular flexibility index (Phi) is 15.8. The molecule has 0 aliphatic carbocycles. The molecule has 184 valence electrons. The van der Waals surface area contributed by atoms with E-state index in [1.54, 1.807) is 20.2 Å². The molecule has 4 nitrogen and oxygen atoms in total. The van der Waals surface area contributed by atoms with Crippen molar-refractivity contribution in [3.05, 3.63) is 0 Å². The van der Waals surface area contributed by atoms with Gasteiger partial charge in [0.05, 0.1) is 0 Å². The molecule has 0 bridgehead atoms. The molecule has 0 N–H and O–H groups in total. The molecule has 0 aromatic heterocycles. The summed E-state index contributed by atoms with van der Waals surface area (Å²) < 4.78 is 17.5. The molecular weight excluding hydrogens is 493 g/mol. The van der Waals surface area contributed by atoms with Crippen LogP contribution in [0.1, 0.15) is 85.5 Å². The number of unbranched alkanes of at least 4 members (excludes halogenated alkanes) is 3. The van der Waals surface area contributed by atoms with Crippen molar-refractivity contribution < 1.29 is 14.3 Å². The van der Waals surface area contributed by atoms with Gasteiger partial charge in [0.2, 0.25) is 0 Å². The minimum atomic E-state index is -2.28. The van der Waals surface area contributed by atoms with Gasteiger partial charge in [-0.15, -0.1) is 0 Å². The standard InChI is InChI=1S/C14H26NO3.3C4H9.Sn/c1-11(6-5-9-17-4)13-10-15(3)8-7-14(13)18-12(2)16;3*1-3-4-2;/h11,13-14H,1,5-10H2,2-4H3;3*1,3-4H2,2H3;. The van der Waals surface area contributed by atoms with Crippen LogP contribution in [0.4, 0.5) is 0 Å². The third kappa shape index (κ3) is 11.2. The number of rotatable bonds is 17. The summed E-state index contributed by atoms with van der Waals surface area (Å²) in [5, 5.41) is 0. The van der Waals surface area contributed by atoms with Crippen molar-refractivity contribution in [3.8, 4) is 0 Å². The van der Waals surface area contributed by atoms with Gasteiger partial charge < -0.3 is 0 Å². The van der Waals surface area contributed by atoms with E-state index in [-0.39, 0.29) is 12.1 Å². The van der Waals surface area contributed by atoms with Gasteiger partial charge in [0.25, 0.3) is 0 Å². The summed E-state index contributed by atoms with van der Waals surface area (Å²) in [7, 11) is 4.06. The van der Waals surface area contributed by atoms with Crippen LogP contribution in [-0.4, -0.2) is 69.2 Å². The first-order valence-corrected chi connectivity index (χ1v) is 21.3. The minimum absolute atomic E-state index is 0.104. The second-order valence-electron chi connectivity index (χ2n) is 10.3. The van der Waals surface area contributed by atoms with E-state index in [9.17, 15) is 4.79 Å². The van der Waals surface area contributed by atoms with E-state index in [0.717, 1.165) is 32.5 Å². The number of nitrogens with zero attached hydrogens (tertiary/aromatic N) is 1. The number of methoxy groups -OCH3 is 1. The first-order chi connectivity index (χ1) is 14.9. The molecule has 3 unspecified atom stereocenters. The molecule has 1 heterocycles. The second kappa shape index (κ2) is 16.7. The molecule has 0 saturated carbocycles. The average molecular weight is 546 g/mol. The molecule has 0 aromatic carbocycles. The van der Waals surface area contributed by atoms with Crippen LogP contribution in [0, 0.1) is 11.8 Å². The topological polar surface area (TPSA) is 38.8 Å². The van der Waals surface area contributed by atoms with Gasteiger partial charge in [-0.2, -0.15) is 0 Å². The van der Waals surface area contributed by atoms with Crippen molar-refractivity contribution >= 4 is 24.3 Å². The summed E-state index contributed by atoms with van der Waals surface area (Å²) in [6.07, 6.45) is 11.7. The quantitative estimate of drug-likeness (QED) is 0.115. The number of hydrogen-bond donors (Lipinski definition) is 0. The SMILES string of the molecule is CCC[CH2][Sn]([CH2]CCC)([CH2]CCC)[CH2]C(CCCOC)C1CN(C)CCC1OC(C)=O. The van der Waals surface area contributed by atoms with Crippen LogP contribution in [0.5, 0.6) is 0 Å². The van der Waals surface area contributed by atoms with Gasteiger partial charge in [0, 0.05) is 0 Å². The molecule has 31 heavy (non-hydrogen) atoms. The number of carbonyl (C=O) groups is 1. The molecular formula is C26H53NO3Sn. The van der Waals surface area contributed by atoms with Crippen LogP contribution in [0.25, 0.3) is 0 Å². The summed E-state index contributed by atoms with van der Waals surface area (Å²) in [5.41, 5.74) is 0. The molecule has 1 rings (SSSR count). The van der Waals surface area contributed by atoms with Crippen molar-refractivity contribution in [2.75, 3.05) is 33.9 Å². The number of likely N-dealkylation sites (tertiary alicyclic amines) is 1. The molecule has 1 aliphatic rings. The summed E-state index contributed by atoms with van der Waals surface area (Å²) in [5.74, 6) is 1.07. The molecule has 1 saturated heterocycles. The van der Waals surface area contributed by atoms with E-state index in [0.29, 0.717) is 11.8 Å². The third-order valence-corrected chi connectivity index (χ3v) is 23.6. The molecule has 0 aromatic rings. The Balaban J connectivity index is 3.16. The zero-order chi connectivity index (χ0) is 23.1. The van der Waals surface area contributed by atoms with Crippen LogP contribution >= 0.6 is 0 Å². The van der Waals surface area contributed by atoms with Crippen LogP contribution in [0.3, 0.4) is 0 Å². The number of piperidine rings is 1. The Morgan fingerprint density at radius 3 is 2.10 bits per heavy atom. The van der Waals surface area contributed by atoms with E-state index in [2.05, 4.69) is 32.7 Å². The molecule has 1 aliphatic heterocycles. The Labute approximate surface area is 198 Å². The number of hydrogen-bond acceptors (Lipinski definition) is 4. The number of ether oxygens (including phenoxy) is 2. The first-order valence-electron chi connectivity index (χ1n) is 13.3. The van der Waals surface area contributed by atoms with Crippen molar-refractivity contribution in [3.63, 3.8) is 0 Å². The van der Waals surface area contributed by atoms with Gasteiger partial charge in [-0.3, -0.25) is 0 Å². The molecule has 0 amide bonds. The number of esters is 1. The zero-order valence-corrected chi connectivity index (χ0v) is 24.6. The fourth-order valence-corrected chi connectivity index (χ4v) is 23.8. The van der Waals surface area contributed by atoms with Gasteiger partial charge in [-0.25, -0.2) is 0 Å². The Morgan fingerprint density at radius 1 is 1.03 bits per heavy atom. The first kappa shape index (κ1) is 29.2. The predicted molar refractivity (Wildman–Crippen MR) is 135 cm³/mol. The van der Waals surface area contributed by atoms with Gasteiger partial charge in [-0.1, -0.05) is 0 Å². The van der Waals surface area contributed by atoms with E-state index >= 15 is 0 Å². The Morgan fingerprint density at radius 2 is 1.61 bits per heavy atom. The van der Waals surface area contributed by atoms with Crippen LogP contribution in [0.2, 0.25) is 17.7 Å². The van der Waals surface area contributed by atoms with E-state index in [1.807, 2.05) is 7.11 Å². The van der Waals surface area contributed by atoms with Crippen molar-refractivity contribution in [1.29, 1.82) is 0 Å². The molecule has 3 atom stereocenters. The maximum absolute atomic E-state index is 11.9. The Bertz CT molecular complexity index is 452. The predicted octanol–water partition coefficient (Wildman–Crippen LogP) is 6.76. The average Bonchev–Trinajstić information content (AvgIpc) is 2.75. The van der Waals surface area contributed by atoms with E-state index in [4.69, 9.17) is 9.47 Å². The van der Waals surface area contributed by atoms with Crippen LogP contribution < -0.4 is 0 Å². The number of carbonyl (C=O) groups excluding carboxylic acids is 1. The van der Waals surface area contributed by atoms with Gasteiger partial charge >= 0.3 is 199 Å². The summed E-state index contributed by atoms with van der Waals surface area (Å²) in [6, 6.07) is 0. The fourth-order valence-electron chi connectivity index (χ4n) is 5.79. The zero-order valence-electron chi connectivity index (χ0n) is 21.7. The molecule has 0 spiro atoms. The van der Waals surface area contributed by atoms with Crippen molar-refractivity contribution in [2.45, 2.75) is 109 Å². The van der Waals surface area contributed by atoms with Crippen molar-refractivity contribution in [1.82, 2.24) is 4.90 Å². The second-order valence-corrected chi connectivity index (χ2v) is 24.3. The van der Waals surface area contributed by atoms with Crippen molar-refractivity contribution in [2.24, 2.45) is 11.8 Å². The third-order valence-electron chi connectivity index (χ3n) is 7.52. The normalized spacial score (nSPS) is 21.2.